The zero-order valence-electron chi connectivity index (χ0n) is 14.2. The molecule has 1 fully saturated rings. The maximum absolute atomic E-state index is 11.5. The number of nitrogens with zero attached hydrogens (tertiary/aromatic N) is 1. The van der Waals surface area contributed by atoms with Crippen LogP contribution in [0, 0.1) is 11.8 Å². The molecule has 1 aliphatic rings. The first-order chi connectivity index (χ1) is 10.6. The lowest BCUT2D eigenvalue weighted by Crippen LogP contribution is -2.39. The summed E-state index contributed by atoms with van der Waals surface area (Å²) in [5.41, 5.74) is 0.682. The minimum absolute atomic E-state index is 0.0619. The van der Waals surface area contributed by atoms with Crippen LogP contribution in [0.3, 0.4) is 0 Å². The lowest BCUT2D eigenvalue weighted by atomic mass is 9.92. The molecule has 122 valence electrons. The number of rotatable bonds is 7. The van der Waals surface area contributed by atoms with Crippen LogP contribution >= 0.6 is 0 Å². The maximum Gasteiger partial charge on any atom is 0.163 e. The van der Waals surface area contributed by atoms with E-state index < -0.39 is 0 Å². The molecular weight excluding hydrogens is 274 g/mol. The smallest absolute Gasteiger partial charge is 0.163 e. The van der Waals surface area contributed by atoms with Crippen molar-refractivity contribution in [3.63, 3.8) is 0 Å². The number of likely N-dealkylation sites (tertiary alicyclic amines) is 1. The highest BCUT2D eigenvalue weighted by Crippen LogP contribution is 2.21. The number of hydrogen-bond donors (Lipinski definition) is 0. The molecule has 0 N–H and O–H groups in total. The number of carbonyl (C=O) groups is 1. The standard InChI is InChI=1S/C19H29NO2/c1-15-12-16(2)14-20(13-15)10-6-7-11-22-19-9-5-4-8-18(19)17(3)21/h4-5,8-9,15-16H,6-7,10-14H2,1-3H3/t15-,16+. The van der Waals surface area contributed by atoms with Gasteiger partial charge in [0, 0.05) is 13.1 Å². The van der Waals surface area contributed by atoms with Gasteiger partial charge in [0.25, 0.3) is 0 Å². The molecule has 0 saturated carbocycles. The Labute approximate surface area is 134 Å². The Hall–Kier alpha value is -1.35. The van der Waals surface area contributed by atoms with Gasteiger partial charge in [-0.15, -0.1) is 0 Å². The first kappa shape index (κ1) is 17.0. The van der Waals surface area contributed by atoms with E-state index in [9.17, 15) is 4.79 Å². The third-order valence-corrected chi connectivity index (χ3v) is 4.34. The molecule has 0 spiro atoms. The van der Waals surface area contributed by atoms with E-state index in [0.29, 0.717) is 12.2 Å². The van der Waals surface area contributed by atoms with Crippen LogP contribution in [0.1, 0.15) is 50.4 Å². The highest BCUT2D eigenvalue weighted by molar-refractivity contribution is 5.96. The SMILES string of the molecule is CC(=O)c1ccccc1OCCCCN1C[C@H](C)C[C@H](C)C1. The molecule has 1 saturated heterocycles. The first-order valence-corrected chi connectivity index (χ1v) is 8.51. The number of hydrogen-bond acceptors (Lipinski definition) is 3. The summed E-state index contributed by atoms with van der Waals surface area (Å²) in [6.45, 7) is 10.6. The van der Waals surface area contributed by atoms with Crippen molar-refractivity contribution < 1.29 is 9.53 Å². The number of Topliss-reactive ketones (excluding diaryl/α,β-unsaturated/α-hetero) is 1. The Kier molecular flexibility index (Phi) is 6.44. The highest BCUT2D eigenvalue weighted by Gasteiger charge is 2.20. The van der Waals surface area contributed by atoms with Gasteiger partial charge >= 0.3 is 0 Å². The van der Waals surface area contributed by atoms with Gasteiger partial charge in [-0.25, -0.2) is 0 Å². The van der Waals surface area contributed by atoms with E-state index in [0.717, 1.165) is 37.0 Å². The molecule has 3 nitrogen and oxygen atoms in total. The summed E-state index contributed by atoms with van der Waals surface area (Å²) in [5, 5.41) is 0. The molecule has 0 radical (unpaired) electrons. The number of carbonyl (C=O) groups excluding carboxylic acids is 1. The zero-order chi connectivity index (χ0) is 15.9. The van der Waals surface area contributed by atoms with Gasteiger partial charge in [0.1, 0.15) is 5.75 Å². The summed E-state index contributed by atoms with van der Waals surface area (Å²) in [5.74, 6) is 2.42. The van der Waals surface area contributed by atoms with E-state index in [4.69, 9.17) is 4.74 Å². The second-order valence-corrected chi connectivity index (χ2v) is 6.81. The van der Waals surface area contributed by atoms with Gasteiger partial charge in [0.05, 0.1) is 12.2 Å². The van der Waals surface area contributed by atoms with Crippen LogP contribution < -0.4 is 4.74 Å². The second kappa shape index (κ2) is 8.33. The molecular formula is C19H29NO2. The Morgan fingerprint density at radius 1 is 1.18 bits per heavy atom. The second-order valence-electron chi connectivity index (χ2n) is 6.81. The molecule has 1 aliphatic heterocycles. The number of para-hydroxylation sites is 1. The summed E-state index contributed by atoms with van der Waals surface area (Å²) < 4.78 is 5.79. The molecule has 22 heavy (non-hydrogen) atoms. The Morgan fingerprint density at radius 3 is 2.55 bits per heavy atom. The number of unbranched alkanes of at least 4 members (excludes halogenated alkanes) is 1. The molecule has 0 amide bonds. The van der Waals surface area contributed by atoms with Crippen molar-refractivity contribution in [2.24, 2.45) is 11.8 Å². The molecule has 0 aromatic heterocycles. The highest BCUT2D eigenvalue weighted by atomic mass is 16.5. The maximum atomic E-state index is 11.5. The first-order valence-electron chi connectivity index (χ1n) is 8.51. The molecule has 3 heteroatoms. The number of piperidine rings is 1. The number of ketones is 1. The van der Waals surface area contributed by atoms with Crippen LogP contribution in [-0.2, 0) is 0 Å². The van der Waals surface area contributed by atoms with Crippen molar-refractivity contribution >= 4 is 5.78 Å². The lowest BCUT2D eigenvalue weighted by molar-refractivity contribution is 0.101. The van der Waals surface area contributed by atoms with Gasteiger partial charge in [0.15, 0.2) is 5.78 Å². The third kappa shape index (κ3) is 5.13. The van der Waals surface area contributed by atoms with E-state index in [2.05, 4.69) is 18.7 Å². The Balaban J connectivity index is 1.68. The van der Waals surface area contributed by atoms with Gasteiger partial charge < -0.3 is 9.64 Å². The Bertz CT molecular complexity index is 476. The molecule has 1 aromatic rings. The summed E-state index contributed by atoms with van der Waals surface area (Å²) in [6, 6.07) is 7.50. The fourth-order valence-electron chi connectivity index (χ4n) is 3.48. The molecule has 1 aromatic carbocycles. The molecule has 0 aliphatic carbocycles. The quantitative estimate of drug-likeness (QED) is 0.563. The largest absolute Gasteiger partial charge is 0.493 e. The van der Waals surface area contributed by atoms with Crippen molar-refractivity contribution in [1.29, 1.82) is 0 Å². The zero-order valence-corrected chi connectivity index (χ0v) is 14.2. The summed E-state index contributed by atoms with van der Waals surface area (Å²) in [4.78, 5) is 14.1. The van der Waals surface area contributed by atoms with Gasteiger partial charge in [0.2, 0.25) is 0 Å². The van der Waals surface area contributed by atoms with Crippen molar-refractivity contribution in [1.82, 2.24) is 4.90 Å². The molecule has 2 rings (SSSR count). The summed E-state index contributed by atoms with van der Waals surface area (Å²) >= 11 is 0. The van der Waals surface area contributed by atoms with Crippen molar-refractivity contribution in [3.8, 4) is 5.75 Å². The monoisotopic (exact) mass is 303 g/mol. The van der Waals surface area contributed by atoms with Gasteiger partial charge in [-0.05, 0) is 56.7 Å². The van der Waals surface area contributed by atoms with Crippen LogP contribution in [0.5, 0.6) is 5.75 Å². The van der Waals surface area contributed by atoms with Crippen LogP contribution in [0.25, 0.3) is 0 Å². The van der Waals surface area contributed by atoms with E-state index >= 15 is 0 Å². The average Bonchev–Trinajstić information content (AvgIpc) is 2.46. The minimum Gasteiger partial charge on any atom is -0.493 e. The van der Waals surface area contributed by atoms with Crippen LogP contribution in [0.15, 0.2) is 24.3 Å². The van der Waals surface area contributed by atoms with E-state index in [1.165, 1.54) is 19.5 Å². The van der Waals surface area contributed by atoms with E-state index in [-0.39, 0.29) is 5.78 Å². The predicted octanol–water partition coefficient (Wildman–Crippen LogP) is 4.03. The topological polar surface area (TPSA) is 29.5 Å². The third-order valence-electron chi connectivity index (χ3n) is 4.34. The Morgan fingerprint density at radius 2 is 1.86 bits per heavy atom. The fraction of sp³-hybridized carbons (Fsp3) is 0.632. The number of ether oxygens (including phenoxy) is 1. The summed E-state index contributed by atoms with van der Waals surface area (Å²) in [6.07, 6.45) is 3.55. The van der Waals surface area contributed by atoms with Crippen molar-refractivity contribution in [3.05, 3.63) is 29.8 Å². The fourth-order valence-corrected chi connectivity index (χ4v) is 3.48. The van der Waals surface area contributed by atoms with E-state index in [1.807, 2.05) is 24.3 Å². The van der Waals surface area contributed by atoms with Crippen LogP contribution in [0.4, 0.5) is 0 Å². The van der Waals surface area contributed by atoms with Crippen molar-refractivity contribution in [2.45, 2.75) is 40.0 Å². The molecule has 1 heterocycles. The molecule has 0 unspecified atom stereocenters. The molecule has 0 bridgehead atoms. The van der Waals surface area contributed by atoms with Crippen LogP contribution in [-0.4, -0.2) is 36.9 Å². The summed E-state index contributed by atoms with van der Waals surface area (Å²) in [7, 11) is 0. The molecule has 2 atom stereocenters. The minimum atomic E-state index is 0.0619. The predicted molar refractivity (Wildman–Crippen MR) is 90.6 cm³/mol. The van der Waals surface area contributed by atoms with Gasteiger partial charge in [-0.3, -0.25) is 4.79 Å². The normalized spacial score (nSPS) is 22.5. The van der Waals surface area contributed by atoms with Gasteiger partial charge in [-0.2, -0.15) is 0 Å². The van der Waals surface area contributed by atoms with Crippen LogP contribution in [0.2, 0.25) is 0 Å². The van der Waals surface area contributed by atoms with Crippen molar-refractivity contribution in [2.75, 3.05) is 26.2 Å². The van der Waals surface area contributed by atoms with E-state index in [1.54, 1.807) is 6.92 Å². The van der Waals surface area contributed by atoms with Gasteiger partial charge in [-0.1, -0.05) is 26.0 Å². The number of benzene rings is 1. The average molecular weight is 303 g/mol. The lowest BCUT2D eigenvalue weighted by Gasteiger charge is -2.34.